The largest absolute Gasteiger partial charge is 0.497 e. The molecule has 22 heteroatoms. The van der Waals surface area contributed by atoms with E-state index in [4.69, 9.17) is 46.6 Å². The van der Waals surface area contributed by atoms with E-state index in [1.165, 1.54) is 30.3 Å². The molecule has 0 aliphatic carbocycles. The van der Waals surface area contributed by atoms with E-state index in [9.17, 15) is 14.4 Å². The van der Waals surface area contributed by atoms with Gasteiger partial charge in [-0.25, -0.2) is 19.7 Å². The third-order valence-electron chi connectivity index (χ3n) is 14.7. The summed E-state index contributed by atoms with van der Waals surface area (Å²) in [7, 11) is 2.03. The second kappa shape index (κ2) is 23.9. The van der Waals surface area contributed by atoms with Crippen LogP contribution in [0, 0.1) is 0 Å². The van der Waals surface area contributed by atoms with Gasteiger partial charge in [0, 0.05) is 38.7 Å². The summed E-state index contributed by atoms with van der Waals surface area (Å²) in [5, 5.41) is 2.69. The predicted octanol–water partition coefficient (Wildman–Crippen LogP) is 8.21. The Balaban J connectivity index is 1.03. The van der Waals surface area contributed by atoms with Crippen LogP contribution in [-0.4, -0.2) is 128 Å². The molecule has 412 valence electrons. The number of H-pyrrole nitrogens is 1. The summed E-state index contributed by atoms with van der Waals surface area (Å²) in [6.45, 7) is 12.5. The van der Waals surface area contributed by atoms with Crippen molar-refractivity contribution in [2.75, 3.05) is 53.6 Å². The molecule has 4 aromatic carbocycles. The molecule has 0 bridgehead atoms. The minimum absolute atomic E-state index is 0.000884. The third kappa shape index (κ3) is 11.5. The first kappa shape index (κ1) is 56.2. The van der Waals surface area contributed by atoms with Crippen LogP contribution in [-0.2, 0) is 42.8 Å². The van der Waals surface area contributed by atoms with Gasteiger partial charge < -0.3 is 51.9 Å². The number of imidazole rings is 1. The zero-order valence-corrected chi connectivity index (χ0v) is 47.1. The summed E-state index contributed by atoms with van der Waals surface area (Å²) in [5.41, 5.74) is 1.11. The molecule has 2 aliphatic heterocycles. The van der Waals surface area contributed by atoms with Gasteiger partial charge in [-0.15, -0.1) is 0 Å². The second-order valence-corrected chi connectivity index (χ2v) is 26.5. The molecule has 78 heavy (non-hydrogen) atoms. The number of anilines is 1. The summed E-state index contributed by atoms with van der Waals surface area (Å²) in [6, 6.07) is 35.2. The predicted molar refractivity (Wildman–Crippen MR) is 294 cm³/mol. The number of carbonyl (C=O) groups excluding carboxylic acids is 1. The minimum Gasteiger partial charge on any atom is -0.497 e. The summed E-state index contributed by atoms with van der Waals surface area (Å²) >= 11 is 0. The Morgan fingerprint density at radius 3 is 1.85 bits per heavy atom. The number of methoxy groups -OCH3 is 4. The van der Waals surface area contributed by atoms with Gasteiger partial charge in [-0.1, -0.05) is 93.6 Å². The summed E-state index contributed by atoms with van der Waals surface area (Å²) in [6.07, 6.45) is -2.30. The number of rotatable bonds is 21. The van der Waals surface area contributed by atoms with E-state index in [1.807, 2.05) is 91.6 Å². The van der Waals surface area contributed by atoms with E-state index in [0.717, 1.165) is 16.7 Å². The standard InChI is InChI=1S/C56H66N7O13PSi/c1-55(2,3)78(9,10)76-46-42(74-53(48(46)70-7)63-34-59-44-49(57-33-58-50(44)63)61-51(65)35-17-13-11-14-18-35)32-72-77(8)75-45-41(73-52(47(45)69-6)62-30-29-43(64)60-54(62)66)31-71-56(36-19-15-12-16-20-36,37-21-25-39(67-4)26-22-37)38-23-27-40(68-5)28-24-38/h11-30,33-34,41-42,45-48,52-53H,31-32H2,1-10H3,(H,60,64,66)(H,57,58,61,65)/t41-,42-,45-,46-,47-,48-,52-,53-,77?/m1/s1. The topological polar surface area (TPSA) is 220 Å². The van der Waals surface area contributed by atoms with Gasteiger partial charge in [-0.2, -0.15) is 0 Å². The van der Waals surface area contributed by atoms with Crippen LogP contribution in [0.3, 0.4) is 0 Å². The van der Waals surface area contributed by atoms with Crippen LogP contribution in [0.5, 0.6) is 11.5 Å². The van der Waals surface area contributed by atoms with Crippen molar-refractivity contribution in [2.24, 2.45) is 0 Å². The summed E-state index contributed by atoms with van der Waals surface area (Å²) in [4.78, 5) is 55.0. The number of nitrogens with one attached hydrogen (secondary N) is 2. The number of aromatic nitrogens is 6. The number of ether oxygens (including phenoxy) is 7. The molecule has 1 amide bonds. The van der Waals surface area contributed by atoms with Crippen molar-refractivity contribution in [1.29, 1.82) is 0 Å². The highest BCUT2D eigenvalue weighted by molar-refractivity contribution is 7.46. The Bertz CT molecular complexity index is 3200. The summed E-state index contributed by atoms with van der Waals surface area (Å²) in [5.74, 6) is 1.21. The van der Waals surface area contributed by atoms with E-state index in [2.05, 4.69) is 59.1 Å². The van der Waals surface area contributed by atoms with Crippen molar-refractivity contribution in [2.45, 2.75) is 93.6 Å². The first-order chi connectivity index (χ1) is 37.5. The third-order valence-corrected chi connectivity index (χ3v) is 20.2. The Morgan fingerprint density at radius 2 is 1.27 bits per heavy atom. The molecular formula is C56H66N7O13PSi. The molecule has 0 spiro atoms. The minimum atomic E-state index is -2.51. The van der Waals surface area contributed by atoms with Gasteiger partial charge in [-0.3, -0.25) is 23.7 Å². The number of amides is 1. The van der Waals surface area contributed by atoms with E-state index in [-0.39, 0.29) is 30.0 Å². The molecule has 3 aromatic heterocycles. The highest BCUT2D eigenvalue weighted by Crippen LogP contribution is 2.48. The van der Waals surface area contributed by atoms with Gasteiger partial charge in [0.05, 0.1) is 33.8 Å². The van der Waals surface area contributed by atoms with Gasteiger partial charge in [0.2, 0.25) is 0 Å². The first-order valence-electron chi connectivity index (χ1n) is 25.4. The molecule has 7 aromatic rings. The van der Waals surface area contributed by atoms with Crippen LogP contribution in [0.1, 0.15) is 60.3 Å². The SMILES string of the molecule is COc1ccc(C(OC[C@H]2O[C@@H](n3ccc(=O)[nH]c3=O)[C@H](OC)[C@@H]2OP(C)OC[C@H]2O[C@@H](n3cnc4c(NC(=O)c5ccccc5)ncnc43)[C@H](OC)[C@@H]2O[Si](C)(C)C(C)(C)C)(c2ccccc2)c2ccc(OC)cc2)cc1. The number of carbonyl (C=O) groups is 1. The van der Waals surface area contributed by atoms with Crippen molar-refractivity contribution in [3.63, 3.8) is 0 Å². The van der Waals surface area contributed by atoms with Gasteiger partial charge in [0.1, 0.15) is 60.1 Å². The zero-order chi connectivity index (χ0) is 55.4. The quantitative estimate of drug-likeness (QED) is 0.0393. The Kier molecular flexibility index (Phi) is 17.2. The van der Waals surface area contributed by atoms with Crippen molar-refractivity contribution in [1.82, 2.24) is 29.1 Å². The number of aromatic amines is 1. The fraction of sp³-hybridized carbons (Fsp3) is 0.393. The summed E-state index contributed by atoms with van der Waals surface area (Å²) < 4.78 is 68.4. The first-order valence-corrected chi connectivity index (χ1v) is 29.9. The maximum absolute atomic E-state index is 13.5. The second-order valence-electron chi connectivity index (χ2n) is 20.4. The maximum Gasteiger partial charge on any atom is 0.330 e. The van der Waals surface area contributed by atoms with E-state index < -0.39 is 82.6 Å². The maximum atomic E-state index is 13.5. The Hall–Kier alpha value is -6.49. The number of nitrogens with zero attached hydrogens (tertiary/aromatic N) is 5. The van der Waals surface area contributed by atoms with Crippen LogP contribution in [0.2, 0.25) is 18.1 Å². The highest BCUT2D eigenvalue weighted by Gasteiger charge is 2.53. The van der Waals surface area contributed by atoms with Crippen molar-refractivity contribution in [3.8, 4) is 11.5 Å². The molecule has 0 saturated carbocycles. The van der Waals surface area contributed by atoms with Gasteiger partial charge >= 0.3 is 5.69 Å². The fourth-order valence-corrected chi connectivity index (χ4v) is 11.9. The lowest BCUT2D eigenvalue weighted by atomic mass is 9.80. The van der Waals surface area contributed by atoms with E-state index in [1.54, 1.807) is 56.5 Å². The zero-order valence-electron chi connectivity index (χ0n) is 45.2. The van der Waals surface area contributed by atoms with Crippen LogP contribution in [0.4, 0.5) is 5.82 Å². The van der Waals surface area contributed by atoms with E-state index in [0.29, 0.717) is 28.2 Å². The molecule has 9 rings (SSSR count). The molecule has 2 aliphatic rings. The number of hydrogen-bond acceptors (Lipinski definition) is 16. The smallest absolute Gasteiger partial charge is 0.330 e. The molecular weight excluding hydrogens is 1040 g/mol. The number of benzene rings is 4. The molecule has 1 unspecified atom stereocenters. The van der Waals surface area contributed by atoms with Crippen LogP contribution in [0.25, 0.3) is 11.2 Å². The fourth-order valence-electron chi connectivity index (χ4n) is 9.61. The Morgan fingerprint density at radius 1 is 0.705 bits per heavy atom. The van der Waals surface area contributed by atoms with Crippen LogP contribution < -0.4 is 26.0 Å². The van der Waals surface area contributed by atoms with Gasteiger partial charge in [-0.05, 0) is 71.2 Å². The lowest BCUT2D eigenvalue weighted by molar-refractivity contribution is -0.0955. The lowest BCUT2D eigenvalue weighted by Crippen LogP contribution is -2.50. The Labute approximate surface area is 454 Å². The van der Waals surface area contributed by atoms with Gasteiger partial charge in [0.15, 0.2) is 46.1 Å². The van der Waals surface area contributed by atoms with Crippen LogP contribution >= 0.6 is 8.38 Å². The number of hydrogen-bond donors (Lipinski definition) is 2. The molecule has 20 nitrogen and oxygen atoms in total. The molecule has 2 fully saturated rings. The average Bonchev–Trinajstić information content (AvgIpc) is 4.31. The van der Waals surface area contributed by atoms with Gasteiger partial charge in [0.25, 0.3) is 11.5 Å². The molecule has 9 atom stereocenters. The number of fused-ring (bicyclic) bond motifs is 1. The van der Waals surface area contributed by atoms with Crippen LogP contribution in [0.15, 0.2) is 144 Å². The average molecular weight is 1100 g/mol. The van der Waals surface area contributed by atoms with Crippen molar-refractivity contribution >= 4 is 39.6 Å². The molecule has 0 radical (unpaired) electrons. The molecule has 2 N–H and O–H groups in total. The highest BCUT2D eigenvalue weighted by atomic mass is 31.2. The van der Waals surface area contributed by atoms with E-state index >= 15 is 0 Å². The monoisotopic (exact) mass is 1100 g/mol. The molecule has 2 saturated heterocycles. The molecule has 5 heterocycles. The van der Waals surface area contributed by atoms with Crippen molar-refractivity contribution in [3.05, 3.63) is 177 Å². The lowest BCUT2D eigenvalue weighted by Gasteiger charge is -2.40. The van der Waals surface area contributed by atoms with Crippen molar-refractivity contribution < 1.29 is 51.4 Å². The normalized spacial score (nSPS) is 22.1.